The summed E-state index contributed by atoms with van der Waals surface area (Å²) in [4.78, 5) is 4.81. The smallest absolute Gasteiger partial charge is 0.243 e. The fourth-order valence-electron chi connectivity index (χ4n) is 1.68. The van der Waals surface area contributed by atoms with Crippen LogP contribution in [0, 0.1) is 0 Å². The summed E-state index contributed by atoms with van der Waals surface area (Å²) in [6.07, 6.45) is 1.45. The van der Waals surface area contributed by atoms with Crippen LogP contribution in [-0.2, 0) is 10.0 Å². The highest BCUT2D eigenvalue weighted by molar-refractivity contribution is 7.89. The maximum absolute atomic E-state index is 12.4. The van der Waals surface area contributed by atoms with Crippen molar-refractivity contribution in [2.75, 3.05) is 0 Å². The van der Waals surface area contributed by atoms with Gasteiger partial charge in [0.2, 0.25) is 10.0 Å². The number of hydrogen-bond donors (Lipinski definition) is 2. The second kappa shape index (κ2) is 5.96. The van der Waals surface area contributed by atoms with Gasteiger partial charge >= 0.3 is 0 Å². The third-order valence-electron chi connectivity index (χ3n) is 2.60. The highest BCUT2D eigenvalue weighted by Crippen LogP contribution is 2.21. The van der Waals surface area contributed by atoms with Crippen LogP contribution in [0.1, 0.15) is 23.5 Å². The molecule has 0 aliphatic rings. The zero-order valence-corrected chi connectivity index (χ0v) is 13.1. The Hall–Kier alpha value is -1.35. The minimum atomic E-state index is -3.73. The van der Waals surface area contributed by atoms with Gasteiger partial charge in [-0.15, -0.1) is 11.3 Å². The van der Waals surface area contributed by atoms with Gasteiger partial charge in [-0.05, 0) is 30.5 Å². The number of pyridine rings is 1. The van der Waals surface area contributed by atoms with Crippen LogP contribution >= 0.6 is 23.6 Å². The third-order valence-corrected chi connectivity index (χ3v) is 5.42. The van der Waals surface area contributed by atoms with Gasteiger partial charge in [-0.3, -0.25) is 4.98 Å². The van der Waals surface area contributed by atoms with E-state index in [0.29, 0.717) is 0 Å². The van der Waals surface area contributed by atoms with Crippen molar-refractivity contribution >= 4 is 38.6 Å². The predicted molar refractivity (Wildman–Crippen MR) is 83.2 cm³/mol. The summed E-state index contributed by atoms with van der Waals surface area (Å²) in [7, 11) is -3.73. The van der Waals surface area contributed by atoms with E-state index in [-0.39, 0.29) is 21.6 Å². The van der Waals surface area contributed by atoms with E-state index in [1.807, 2.05) is 17.5 Å². The number of nitrogens with one attached hydrogen (secondary N) is 1. The molecule has 0 bridgehead atoms. The van der Waals surface area contributed by atoms with E-state index in [0.717, 1.165) is 4.88 Å². The van der Waals surface area contributed by atoms with E-state index in [1.54, 1.807) is 6.92 Å². The van der Waals surface area contributed by atoms with Crippen LogP contribution in [0.3, 0.4) is 0 Å². The van der Waals surface area contributed by atoms with Crippen molar-refractivity contribution in [1.29, 1.82) is 0 Å². The Morgan fingerprint density at radius 3 is 2.80 bits per heavy atom. The Labute approximate surface area is 126 Å². The van der Waals surface area contributed by atoms with E-state index in [2.05, 4.69) is 9.71 Å². The molecule has 0 fully saturated rings. The first-order valence-electron chi connectivity index (χ1n) is 5.72. The standard InChI is InChI=1S/C12H13N3O2S3/c1-8(9-4-3-7-19-9)15-20(16,17)10-5-2-6-14-11(10)12(13)18/h2-8,15H,1H3,(H2,13,18). The first kappa shape index (κ1) is 15.0. The van der Waals surface area contributed by atoms with Crippen molar-refractivity contribution in [3.8, 4) is 0 Å². The molecule has 0 aliphatic carbocycles. The van der Waals surface area contributed by atoms with Gasteiger partial charge < -0.3 is 5.73 Å². The first-order chi connectivity index (χ1) is 9.42. The van der Waals surface area contributed by atoms with Crippen LogP contribution in [0.5, 0.6) is 0 Å². The molecule has 0 aromatic carbocycles. The molecular formula is C12H13N3O2S3. The molecule has 0 aliphatic heterocycles. The lowest BCUT2D eigenvalue weighted by Gasteiger charge is -2.14. The zero-order chi connectivity index (χ0) is 14.8. The van der Waals surface area contributed by atoms with Crippen molar-refractivity contribution in [2.45, 2.75) is 17.9 Å². The van der Waals surface area contributed by atoms with Gasteiger partial charge in [0.1, 0.15) is 15.6 Å². The summed E-state index contributed by atoms with van der Waals surface area (Å²) in [5.41, 5.74) is 5.62. The molecule has 2 heterocycles. The Bertz CT molecular complexity index is 711. The molecule has 0 saturated carbocycles. The van der Waals surface area contributed by atoms with E-state index >= 15 is 0 Å². The molecule has 8 heteroatoms. The number of aromatic nitrogens is 1. The Kier molecular flexibility index (Phi) is 4.48. The second-order valence-corrected chi connectivity index (χ2v) is 7.17. The number of sulfonamides is 1. The molecule has 1 atom stereocenters. The van der Waals surface area contributed by atoms with Crippen molar-refractivity contribution in [3.63, 3.8) is 0 Å². The van der Waals surface area contributed by atoms with E-state index in [1.165, 1.54) is 29.7 Å². The van der Waals surface area contributed by atoms with Crippen molar-refractivity contribution < 1.29 is 8.42 Å². The number of rotatable bonds is 5. The van der Waals surface area contributed by atoms with Gasteiger partial charge in [0, 0.05) is 11.1 Å². The molecule has 106 valence electrons. The molecule has 3 N–H and O–H groups in total. The van der Waals surface area contributed by atoms with Crippen molar-refractivity contribution in [2.24, 2.45) is 5.73 Å². The maximum Gasteiger partial charge on any atom is 0.243 e. The highest BCUT2D eigenvalue weighted by Gasteiger charge is 2.23. The van der Waals surface area contributed by atoms with E-state index < -0.39 is 10.0 Å². The van der Waals surface area contributed by atoms with Crippen LogP contribution in [0.4, 0.5) is 0 Å². The molecule has 0 spiro atoms. The Morgan fingerprint density at radius 1 is 1.45 bits per heavy atom. The van der Waals surface area contributed by atoms with Gasteiger partial charge in [-0.1, -0.05) is 18.3 Å². The lowest BCUT2D eigenvalue weighted by atomic mass is 10.3. The molecule has 2 rings (SSSR count). The average Bonchev–Trinajstić information content (AvgIpc) is 2.92. The minimum absolute atomic E-state index is 0.00379. The number of thiophene rings is 1. The quantitative estimate of drug-likeness (QED) is 0.818. The van der Waals surface area contributed by atoms with Crippen LogP contribution in [0.25, 0.3) is 0 Å². The molecular weight excluding hydrogens is 314 g/mol. The van der Waals surface area contributed by atoms with Crippen molar-refractivity contribution in [3.05, 3.63) is 46.4 Å². The normalized spacial score (nSPS) is 13.1. The number of thiocarbonyl (C=S) groups is 1. The third kappa shape index (κ3) is 3.21. The zero-order valence-electron chi connectivity index (χ0n) is 10.6. The van der Waals surface area contributed by atoms with Crippen molar-refractivity contribution in [1.82, 2.24) is 9.71 Å². The van der Waals surface area contributed by atoms with Crippen LogP contribution in [0.2, 0.25) is 0 Å². The van der Waals surface area contributed by atoms with Gasteiger partial charge in [-0.25, -0.2) is 13.1 Å². The number of hydrogen-bond acceptors (Lipinski definition) is 5. The fourth-order valence-corrected chi connectivity index (χ4v) is 4.12. The van der Waals surface area contributed by atoms with Crippen LogP contribution in [-0.4, -0.2) is 18.4 Å². The Balaban J connectivity index is 2.34. The second-order valence-electron chi connectivity index (χ2n) is 4.07. The molecule has 0 saturated heterocycles. The summed E-state index contributed by atoms with van der Waals surface area (Å²) in [5.74, 6) is 0. The summed E-state index contributed by atoms with van der Waals surface area (Å²) in [6, 6.07) is 6.38. The molecule has 0 radical (unpaired) electrons. The van der Waals surface area contributed by atoms with E-state index in [4.69, 9.17) is 18.0 Å². The van der Waals surface area contributed by atoms with E-state index in [9.17, 15) is 8.42 Å². The van der Waals surface area contributed by atoms with Gasteiger partial charge in [0.25, 0.3) is 0 Å². The number of nitrogens with zero attached hydrogens (tertiary/aromatic N) is 1. The molecule has 5 nitrogen and oxygen atoms in total. The topological polar surface area (TPSA) is 85.1 Å². The molecule has 1 unspecified atom stereocenters. The highest BCUT2D eigenvalue weighted by atomic mass is 32.2. The lowest BCUT2D eigenvalue weighted by Crippen LogP contribution is -2.29. The predicted octanol–water partition coefficient (Wildman–Crippen LogP) is 1.82. The SMILES string of the molecule is CC(NS(=O)(=O)c1cccnc1C(N)=S)c1cccs1. The summed E-state index contributed by atoms with van der Waals surface area (Å²) >= 11 is 6.32. The summed E-state index contributed by atoms with van der Waals surface area (Å²) in [5, 5.41) is 1.89. The Morgan fingerprint density at radius 2 is 2.20 bits per heavy atom. The lowest BCUT2D eigenvalue weighted by molar-refractivity contribution is 0.568. The minimum Gasteiger partial charge on any atom is -0.388 e. The van der Waals surface area contributed by atoms with Crippen LogP contribution < -0.4 is 10.5 Å². The van der Waals surface area contributed by atoms with Gasteiger partial charge in [0.05, 0.1) is 6.04 Å². The van der Waals surface area contributed by atoms with Crippen LogP contribution in [0.15, 0.2) is 40.7 Å². The number of nitrogens with two attached hydrogens (primary N) is 1. The maximum atomic E-state index is 12.4. The molecule has 20 heavy (non-hydrogen) atoms. The van der Waals surface area contributed by atoms with Gasteiger partial charge in [0.15, 0.2) is 0 Å². The van der Waals surface area contributed by atoms with Gasteiger partial charge in [-0.2, -0.15) is 0 Å². The molecule has 2 aromatic rings. The summed E-state index contributed by atoms with van der Waals surface area (Å²) < 4.78 is 27.4. The largest absolute Gasteiger partial charge is 0.388 e. The monoisotopic (exact) mass is 327 g/mol. The fraction of sp³-hybridized carbons (Fsp3) is 0.167. The average molecular weight is 327 g/mol. The summed E-state index contributed by atoms with van der Waals surface area (Å²) in [6.45, 7) is 1.78. The first-order valence-corrected chi connectivity index (χ1v) is 8.49. The molecule has 2 aromatic heterocycles. The molecule has 0 amide bonds.